The number of rotatable bonds is 5. The molecule has 0 aliphatic carbocycles. The molecule has 0 spiro atoms. The highest BCUT2D eigenvalue weighted by Crippen LogP contribution is 2.14. The zero-order valence-electron chi connectivity index (χ0n) is 11.5. The molecule has 0 saturated carbocycles. The quantitative estimate of drug-likeness (QED) is 0.835. The number of pyridine rings is 1. The Hall–Kier alpha value is -2.14. The first-order chi connectivity index (χ1) is 10.1. The van der Waals surface area contributed by atoms with Gasteiger partial charge in [-0.05, 0) is 36.2 Å². The van der Waals surface area contributed by atoms with Crippen molar-refractivity contribution in [1.82, 2.24) is 10.3 Å². The largest absolute Gasteiger partial charge is 0.373 e. The molecule has 4 nitrogen and oxygen atoms in total. The Morgan fingerprint density at radius 1 is 1.33 bits per heavy atom. The summed E-state index contributed by atoms with van der Waals surface area (Å²) in [5.74, 6) is 0.00314. The number of hydrogen-bond acceptors (Lipinski definition) is 3. The number of halogens is 2. The molecule has 0 radical (unpaired) electrons. The average molecular weight is 308 g/mol. The van der Waals surface area contributed by atoms with Crippen molar-refractivity contribution < 1.29 is 9.18 Å². The van der Waals surface area contributed by atoms with E-state index in [0.29, 0.717) is 24.3 Å². The number of anilines is 1. The molecule has 0 aliphatic heterocycles. The summed E-state index contributed by atoms with van der Waals surface area (Å²) in [7, 11) is 1.70. The maximum absolute atomic E-state index is 13.0. The van der Waals surface area contributed by atoms with Gasteiger partial charge < -0.3 is 10.6 Å². The van der Waals surface area contributed by atoms with E-state index in [1.165, 1.54) is 18.2 Å². The average Bonchev–Trinajstić information content (AvgIpc) is 2.46. The zero-order chi connectivity index (χ0) is 15.2. The lowest BCUT2D eigenvalue weighted by Gasteiger charge is -2.07. The van der Waals surface area contributed by atoms with Gasteiger partial charge in [0.2, 0.25) is 0 Å². The van der Waals surface area contributed by atoms with Crippen LogP contribution in [0, 0.1) is 5.82 Å². The summed E-state index contributed by atoms with van der Waals surface area (Å²) in [6.07, 6.45) is 0.557. The highest BCUT2D eigenvalue weighted by Gasteiger charge is 2.08. The van der Waals surface area contributed by atoms with Crippen LogP contribution in [0.25, 0.3) is 0 Å². The summed E-state index contributed by atoms with van der Waals surface area (Å²) in [5, 5.41) is 5.85. The van der Waals surface area contributed by atoms with Crippen molar-refractivity contribution in [3.05, 3.63) is 58.5 Å². The molecule has 0 bridgehead atoms. The van der Waals surface area contributed by atoms with Gasteiger partial charge in [-0.2, -0.15) is 0 Å². The van der Waals surface area contributed by atoms with E-state index < -0.39 is 0 Å². The van der Waals surface area contributed by atoms with Crippen molar-refractivity contribution in [3.8, 4) is 0 Å². The summed E-state index contributed by atoms with van der Waals surface area (Å²) < 4.78 is 13.0. The van der Waals surface area contributed by atoms with Crippen LogP contribution in [0.4, 0.5) is 10.2 Å². The minimum absolute atomic E-state index is 0.243. The van der Waals surface area contributed by atoms with Crippen LogP contribution in [-0.2, 0) is 6.42 Å². The number of amides is 1. The fourth-order valence-electron chi connectivity index (χ4n) is 1.87. The Kier molecular flexibility index (Phi) is 5.11. The Labute approximate surface area is 127 Å². The molecule has 110 valence electrons. The maximum atomic E-state index is 13.0. The predicted octanol–water partition coefficient (Wildman–Crippen LogP) is 2.89. The molecule has 2 aromatic rings. The standard InChI is InChI=1S/C15H15ClFN3O/c1-18-14-9-11(8-13(16)20-14)15(21)19-6-5-10-3-2-4-12(17)7-10/h2-4,7-9H,5-6H2,1H3,(H,18,20)(H,19,21). The van der Waals surface area contributed by atoms with Gasteiger partial charge in [0.1, 0.15) is 16.8 Å². The smallest absolute Gasteiger partial charge is 0.251 e. The van der Waals surface area contributed by atoms with E-state index in [1.807, 2.05) is 6.07 Å². The van der Waals surface area contributed by atoms with Crippen LogP contribution in [0.1, 0.15) is 15.9 Å². The van der Waals surface area contributed by atoms with E-state index >= 15 is 0 Å². The number of benzene rings is 1. The second-order valence-electron chi connectivity index (χ2n) is 4.45. The van der Waals surface area contributed by atoms with Crippen LogP contribution in [-0.4, -0.2) is 24.5 Å². The van der Waals surface area contributed by atoms with Gasteiger partial charge in [-0.1, -0.05) is 23.7 Å². The Morgan fingerprint density at radius 3 is 2.86 bits per heavy atom. The molecule has 0 unspecified atom stereocenters. The van der Waals surface area contributed by atoms with Gasteiger partial charge >= 0.3 is 0 Å². The molecule has 2 N–H and O–H groups in total. The first kappa shape index (κ1) is 15.3. The van der Waals surface area contributed by atoms with Gasteiger partial charge in [0.05, 0.1) is 0 Å². The Bertz CT molecular complexity index is 649. The fraction of sp³-hybridized carbons (Fsp3) is 0.200. The number of aromatic nitrogens is 1. The van der Waals surface area contributed by atoms with E-state index in [9.17, 15) is 9.18 Å². The summed E-state index contributed by atoms with van der Waals surface area (Å²) in [4.78, 5) is 16.0. The molecule has 1 heterocycles. The van der Waals surface area contributed by atoms with Crippen molar-refractivity contribution in [2.24, 2.45) is 0 Å². The molecule has 1 aromatic carbocycles. The van der Waals surface area contributed by atoms with Crippen molar-refractivity contribution in [2.45, 2.75) is 6.42 Å². The fourth-order valence-corrected chi connectivity index (χ4v) is 2.08. The Balaban J connectivity index is 1.94. The molecule has 0 atom stereocenters. The molecule has 1 amide bonds. The highest BCUT2D eigenvalue weighted by atomic mass is 35.5. The molecular formula is C15H15ClFN3O. The summed E-state index contributed by atoms with van der Waals surface area (Å²) >= 11 is 5.85. The lowest BCUT2D eigenvalue weighted by Crippen LogP contribution is -2.25. The minimum atomic E-state index is -0.279. The number of nitrogens with one attached hydrogen (secondary N) is 2. The Morgan fingerprint density at radius 2 is 2.14 bits per heavy atom. The third-order valence-electron chi connectivity index (χ3n) is 2.90. The van der Waals surface area contributed by atoms with Crippen LogP contribution >= 0.6 is 11.6 Å². The van der Waals surface area contributed by atoms with E-state index in [0.717, 1.165) is 5.56 Å². The monoisotopic (exact) mass is 307 g/mol. The second-order valence-corrected chi connectivity index (χ2v) is 4.84. The van der Waals surface area contributed by atoms with Crippen molar-refractivity contribution in [2.75, 3.05) is 18.9 Å². The molecule has 21 heavy (non-hydrogen) atoms. The van der Waals surface area contributed by atoms with Crippen LogP contribution in [0.3, 0.4) is 0 Å². The number of hydrogen-bond donors (Lipinski definition) is 2. The van der Waals surface area contributed by atoms with Crippen LogP contribution in [0.15, 0.2) is 36.4 Å². The van der Waals surface area contributed by atoms with Gasteiger partial charge in [-0.15, -0.1) is 0 Å². The van der Waals surface area contributed by atoms with Crippen molar-refractivity contribution in [1.29, 1.82) is 0 Å². The SMILES string of the molecule is CNc1cc(C(=O)NCCc2cccc(F)c2)cc(Cl)n1. The summed E-state index contributed by atoms with van der Waals surface area (Å²) in [5.41, 5.74) is 1.26. The highest BCUT2D eigenvalue weighted by molar-refractivity contribution is 6.29. The van der Waals surface area contributed by atoms with Crippen LogP contribution in [0.5, 0.6) is 0 Å². The van der Waals surface area contributed by atoms with Gasteiger partial charge in [-0.3, -0.25) is 4.79 Å². The second kappa shape index (κ2) is 7.04. The van der Waals surface area contributed by atoms with Crippen molar-refractivity contribution in [3.63, 3.8) is 0 Å². The maximum Gasteiger partial charge on any atom is 0.251 e. The van der Waals surface area contributed by atoms with Crippen LogP contribution in [0.2, 0.25) is 5.15 Å². The molecule has 0 saturated heterocycles. The van der Waals surface area contributed by atoms with E-state index in [-0.39, 0.29) is 16.9 Å². The lowest BCUT2D eigenvalue weighted by molar-refractivity contribution is 0.0954. The number of carbonyl (C=O) groups excluding carboxylic acids is 1. The predicted molar refractivity (Wildman–Crippen MR) is 81.2 cm³/mol. The molecular weight excluding hydrogens is 293 g/mol. The van der Waals surface area contributed by atoms with Gasteiger partial charge in [-0.25, -0.2) is 9.37 Å². The summed E-state index contributed by atoms with van der Waals surface area (Å²) in [6.45, 7) is 0.414. The van der Waals surface area contributed by atoms with Gasteiger partial charge in [0, 0.05) is 19.2 Å². The number of carbonyl (C=O) groups is 1. The van der Waals surface area contributed by atoms with E-state index in [1.54, 1.807) is 19.2 Å². The van der Waals surface area contributed by atoms with Crippen LogP contribution < -0.4 is 10.6 Å². The normalized spacial score (nSPS) is 10.2. The molecule has 0 aliphatic rings. The topological polar surface area (TPSA) is 54.0 Å². The minimum Gasteiger partial charge on any atom is -0.373 e. The zero-order valence-corrected chi connectivity index (χ0v) is 12.2. The molecule has 1 aromatic heterocycles. The van der Waals surface area contributed by atoms with Crippen molar-refractivity contribution >= 4 is 23.3 Å². The van der Waals surface area contributed by atoms with Gasteiger partial charge in [0.25, 0.3) is 5.91 Å². The third kappa shape index (κ3) is 4.43. The van der Waals surface area contributed by atoms with E-state index in [2.05, 4.69) is 15.6 Å². The third-order valence-corrected chi connectivity index (χ3v) is 3.09. The van der Waals surface area contributed by atoms with Gasteiger partial charge in [0.15, 0.2) is 0 Å². The summed E-state index contributed by atoms with van der Waals surface area (Å²) in [6, 6.07) is 9.42. The first-order valence-corrected chi connectivity index (χ1v) is 6.84. The number of nitrogens with zero attached hydrogens (tertiary/aromatic N) is 1. The van der Waals surface area contributed by atoms with E-state index in [4.69, 9.17) is 11.6 Å². The first-order valence-electron chi connectivity index (χ1n) is 6.46. The molecule has 2 rings (SSSR count). The molecule has 0 fully saturated rings. The lowest BCUT2D eigenvalue weighted by atomic mass is 10.1. The molecule has 6 heteroatoms.